The van der Waals surface area contributed by atoms with Crippen LogP contribution in [-0.4, -0.2) is 32.6 Å². The van der Waals surface area contributed by atoms with Crippen molar-refractivity contribution < 1.29 is 21.5 Å². The van der Waals surface area contributed by atoms with Gasteiger partial charge >= 0.3 is 0 Å². The van der Waals surface area contributed by atoms with E-state index >= 15 is 0 Å². The fourth-order valence-electron chi connectivity index (χ4n) is 5.44. The number of halogens is 1. The molecule has 4 heterocycles. The molecule has 1 aliphatic rings. The van der Waals surface area contributed by atoms with Gasteiger partial charge in [0, 0.05) is 36.5 Å². The summed E-state index contributed by atoms with van der Waals surface area (Å²) < 4.78 is 4.28. The summed E-state index contributed by atoms with van der Waals surface area (Å²) in [5, 5.41) is 0. The van der Waals surface area contributed by atoms with Crippen molar-refractivity contribution in [2.75, 3.05) is 23.7 Å². The number of nitrogens with two attached hydrogens (primary N) is 1. The zero-order valence-electron chi connectivity index (χ0n) is 22.8. The number of benzene rings is 2. The van der Waals surface area contributed by atoms with Gasteiger partial charge in [0.1, 0.15) is 11.8 Å². The van der Waals surface area contributed by atoms with Gasteiger partial charge in [-0.15, -0.1) is 0 Å². The second-order valence-electron chi connectivity index (χ2n) is 10.6. The Morgan fingerprint density at radius 1 is 0.725 bits per heavy atom. The van der Waals surface area contributed by atoms with E-state index in [9.17, 15) is 0 Å². The molecule has 0 saturated carbocycles. The Morgan fingerprint density at radius 2 is 1.32 bits per heavy atom. The van der Waals surface area contributed by atoms with Gasteiger partial charge in [0.25, 0.3) is 0 Å². The Kier molecular flexibility index (Phi) is 9.06. The van der Waals surface area contributed by atoms with E-state index in [1.54, 1.807) is 6.33 Å². The van der Waals surface area contributed by atoms with E-state index in [1.807, 2.05) is 4.57 Å². The third-order valence-corrected chi connectivity index (χ3v) is 7.72. The SMILES string of the molecule is Nc1ncnc2c1ncn2Cc1ccc(CCCCc2ccc(C[n+]3ccc(N4CCCC4)cc3)cc2)cc1.[Br-]. The van der Waals surface area contributed by atoms with Crippen LogP contribution in [0.3, 0.4) is 0 Å². The fraction of sp³-hybridized carbons (Fsp3) is 0.312. The molecular formula is C32H36BrN7. The maximum Gasteiger partial charge on any atom is 0.173 e. The Balaban J connectivity index is 0.00000323. The Labute approximate surface area is 246 Å². The average Bonchev–Trinajstić information content (AvgIpc) is 3.65. The number of imidazole rings is 1. The van der Waals surface area contributed by atoms with E-state index in [2.05, 4.69) is 97.5 Å². The number of aromatic nitrogens is 5. The number of unbranched alkanes of at least 4 members (excludes halogenated alkanes) is 1. The second kappa shape index (κ2) is 13.0. The Bertz CT molecular complexity index is 1510. The number of hydrogen-bond donors (Lipinski definition) is 1. The average molecular weight is 599 g/mol. The van der Waals surface area contributed by atoms with Crippen LogP contribution in [-0.2, 0) is 25.9 Å². The van der Waals surface area contributed by atoms with Crippen LogP contribution in [0, 0.1) is 0 Å². The van der Waals surface area contributed by atoms with Crippen molar-refractivity contribution in [1.29, 1.82) is 0 Å². The van der Waals surface area contributed by atoms with Crippen molar-refractivity contribution >= 4 is 22.7 Å². The highest BCUT2D eigenvalue weighted by Gasteiger charge is 2.13. The van der Waals surface area contributed by atoms with Gasteiger partial charge in [-0.05, 0) is 55.2 Å². The van der Waals surface area contributed by atoms with Crippen LogP contribution >= 0.6 is 0 Å². The smallest absolute Gasteiger partial charge is 0.173 e. The highest BCUT2D eigenvalue weighted by Crippen LogP contribution is 2.19. The molecule has 0 radical (unpaired) electrons. The van der Waals surface area contributed by atoms with Gasteiger partial charge in [0.05, 0.1) is 12.9 Å². The number of anilines is 2. The van der Waals surface area contributed by atoms with Crippen LogP contribution < -0.4 is 32.2 Å². The number of fused-ring (bicyclic) bond motifs is 1. The van der Waals surface area contributed by atoms with Crippen molar-refractivity contribution in [2.24, 2.45) is 0 Å². The molecule has 7 nitrogen and oxygen atoms in total. The maximum atomic E-state index is 5.90. The van der Waals surface area contributed by atoms with Gasteiger partial charge in [0.2, 0.25) is 0 Å². The van der Waals surface area contributed by atoms with Crippen LogP contribution in [0.25, 0.3) is 11.2 Å². The van der Waals surface area contributed by atoms with Crippen molar-refractivity contribution in [3.05, 3.63) is 108 Å². The van der Waals surface area contributed by atoms with E-state index in [4.69, 9.17) is 5.73 Å². The van der Waals surface area contributed by atoms with Crippen LogP contribution in [0.5, 0.6) is 0 Å². The zero-order valence-corrected chi connectivity index (χ0v) is 24.4. The molecule has 0 aliphatic carbocycles. The zero-order chi connectivity index (χ0) is 26.4. The van der Waals surface area contributed by atoms with E-state index < -0.39 is 0 Å². The minimum atomic E-state index is 0. The topological polar surface area (TPSA) is 76.7 Å². The molecule has 0 unspecified atom stereocenters. The van der Waals surface area contributed by atoms with Crippen LogP contribution in [0.1, 0.15) is 47.9 Å². The summed E-state index contributed by atoms with van der Waals surface area (Å²) >= 11 is 0. The molecule has 0 bridgehead atoms. The van der Waals surface area contributed by atoms with Crippen molar-refractivity contribution in [3.63, 3.8) is 0 Å². The van der Waals surface area contributed by atoms with Crippen LogP contribution in [0.2, 0.25) is 0 Å². The first-order valence-corrected chi connectivity index (χ1v) is 14.0. The summed E-state index contributed by atoms with van der Waals surface area (Å²) in [6.45, 7) is 4.01. The highest BCUT2D eigenvalue weighted by molar-refractivity contribution is 5.81. The number of aryl methyl sites for hydroxylation is 2. The lowest BCUT2D eigenvalue weighted by Gasteiger charge is -2.16. The molecule has 6 rings (SSSR count). The molecule has 1 saturated heterocycles. The van der Waals surface area contributed by atoms with Crippen molar-refractivity contribution in [3.8, 4) is 0 Å². The minimum absolute atomic E-state index is 0. The Hall–Kier alpha value is -3.78. The second-order valence-corrected chi connectivity index (χ2v) is 10.6. The van der Waals surface area contributed by atoms with Crippen molar-refractivity contribution in [1.82, 2.24) is 19.5 Å². The lowest BCUT2D eigenvalue weighted by molar-refractivity contribution is -0.688. The number of rotatable bonds is 10. The summed E-state index contributed by atoms with van der Waals surface area (Å²) in [5.41, 5.74) is 14.0. The van der Waals surface area contributed by atoms with Crippen LogP contribution in [0.15, 0.2) is 85.7 Å². The first kappa shape index (κ1) is 27.8. The first-order chi connectivity index (χ1) is 19.2. The minimum Gasteiger partial charge on any atom is -1.00 e. The fourth-order valence-corrected chi connectivity index (χ4v) is 5.44. The number of pyridine rings is 1. The summed E-state index contributed by atoms with van der Waals surface area (Å²) in [6, 6.07) is 22.5. The van der Waals surface area contributed by atoms with Gasteiger partial charge in [-0.2, -0.15) is 0 Å². The molecule has 206 valence electrons. The number of nitrogens with zero attached hydrogens (tertiary/aromatic N) is 6. The molecule has 2 aromatic carbocycles. The Morgan fingerprint density at radius 3 is 1.98 bits per heavy atom. The van der Waals surface area contributed by atoms with Gasteiger partial charge in [0.15, 0.2) is 30.4 Å². The van der Waals surface area contributed by atoms with E-state index in [0.717, 1.165) is 25.0 Å². The third kappa shape index (κ3) is 6.67. The highest BCUT2D eigenvalue weighted by atomic mass is 79.9. The molecule has 0 atom stereocenters. The molecule has 1 fully saturated rings. The molecule has 1 aliphatic heterocycles. The molecule has 2 N–H and O–H groups in total. The monoisotopic (exact) mass is 597 g/mol. The summed E-state index contributed by atoms with van der Waals surface area (Å²) in [4.78, 5) is 15.2. The normalized spacial score (nSPS) is 13.1. The molecule has 0 amide bonds. The molecule has 5 aromatic rings. The van der Waals surface area contributed by atoms with Gasteiger partial charge < -0.3 is 32.2 Å². The summed E-state index contributed by atoms with van der Waals surface area (Å²) in [5.74, 6) is 0.419. The van der Waals surface area contributed by atoms with Crippen molar-refractivity contribution in [2.45, 2.75) is 51.6 Å². The standard InChI is InChI=1S/C32H36N7.BrH/c33-31-30-32(35-23-34-31)39(24-36-30)22-28-13-9-26(10-14-28)6-2-1-5-25-7-11-27(12-8-25)21-37-19-15-29(16-20-37)38-17-3-4-18-38;/h7-16,19-20,23-24H,1-6,17-18,21-22H2,(H2,33,34,35);1H/q+1;/p-1. The molecule has 3 aromatic heterocycles. The van der Waals surface area contributed by atoms with E-state index in [-0.39, 0.29) is 17.0 Å². The summed E-state index contributed by atoms with van der Waals surface area (Å²) in [7, 11) is 0. The number of hydrogen-bond acceptors (Lipinski definition) is 5. The molecular weight excluding hydrogens is 562 g/mol. The number of nitrogen functional groups attached to an aromatic ring is 1. The third-order valence-electron chi connectivity index (χ3n) is 7.72. The van der Waals surface area contributed by atoms with Gasteiger partial charge in [-0.25, -0.2) is 19.5 Å². The lowest BCUT2D eigenvalue weighted by Crippen LogP contribution is -3.00. The van der Waals surface area contributed by atoms with Gasteiger partial charge in [-0.1, -0.05) is 48.5 Å². The lowest BCUT2D eigenvalue weighted by atomic mass is 10.0. The van der Waals surface area contributed by atoms with E-state index in [1.165, 1.54) is 73.0 Å². The quantitative estimate of drug-likeness (QED) is 0.197. The van der Waals surface area contributed by atoms with Crippen LogP contribution in [0.4, 0.5) is 11.5 Å². The largest absolute Gasteiger partial charge is 1.00 e. The van der Waals surface area contributed by atoms with Gasteiger partial charge in [-0.3, -0.25) is 0 Å². The maximum absolute atomic E-state index is 5.90. The predicted molar refractivity (Wildman–Crippen MR) is 156 cm³/mol. The summed E-state index contributed by atoms with van der Waals surface area (Å²) in [6.07, 6.45) is 14.9. The molecule has 40 heavy (non-hydrogen) atoms. The molecule has 8 heteroatoms. The van der Waals surface area contributed by atoms with E-state index in [0.29, 0.717) is 17.9 Å². The predicted octanol–water partition coefficient (Wildman–Crippen LogP) is 1.96. The first-order valence-electron chi connectivity index (χ1n) is 14.0. The molecule has 0 spiro atoms.